The van der Waals surface area contributed by atoms with E-state index in [1.807, 2.05) is 18.5 Å². The quantitative estimate of drug-likeness (QED) is 0.535. The number of nitrogens with one attached hydrogen (secondary N) is 2. The molecule has 8 nitrogen and oxygen atoms in total. The zero-order chi connectivity index (χ0) is 20.4. The molecule has 4 aromatic rings. The largest absolute Gasteiger partial charge is 0.459 e. The second kappa shape index (κ2) is 7.59. The highest BCUT2D eigenvalue weighted by Gasteiger charge is 2.13. The monoisotopic (exact) mass is 389 g/mol. The van der Waals surface area contributed by atoms with E-state index in [2.05, 4.69) is 20.7 Å². The predicted molar refractivity (Wildman–Crippen MR) is 109 cm³/mol. The van der Waals surface area contributed by atoms with Gasteiger partial charge in [0.1, 0.15) is 0 Å². The average molecular weight is 389 g/mol. The van der Waals surface area contributed by atoms with Crippen molar-refractivity contribution in [2.75, 3.05) is 10.6 Å². The number of pyridine rings is 1. The van der Waals surface area contributed by atoms with Crippen molar-refractivity contribution >= 4 is 34.2 Å². The van der Waals surface area contributed by atoms with E-state index >= 15 is 0 Å². The summed E-state index contributed by atoms with van der Waals surface area (Å²) in [5, 5.41) is 10.7. The summed E-state index contributed by atoms with van der Waals surface area (Å²) < 4.78 is 6.87. The molecule has 2 amide bonds. The van der Waals surface area contributed by atoms with Crippen molar-refractivity contribution in [3.63, 3.8) is 0 Å². The van der Waals surface area contributed by atoms with Crippen LogP contribution in [0.3, 0.4) is 0 Å². The van der Waals surface area contributed by atoms with Crippen LogP contribution in [0.4, 0.5) is 11.4 Å². The Hall–Kier alpha value is -3.94. The molecule has 0 aliphatic heterocycles. The molecule has 0 unspecified atom stereocenters. The van der Waals surface area contributed by atoms with Gasteiger partial charge in [0, 0.05) is 29.0 Å². The highest BCUT2D eigenvalue weighted by Crippen LogP contribution is 2.19. The fraction of sp³-hybridized carbons (Fsp3) is 0.143. The molecule has 3 aromatic heterocycles. The predicted octanol–water partition coefficient (Wildman–Crippen LogP) is 4.11. The normalized spacial score (nSPS) is 11.0. The molecular weight excluding hydrogens is 370 g/mol. The number of furan rings is 1. The number of aromatic nitrogens is 3. The first-order valence-electron chi connectivity index (χ1n) is 9.11. The lowest BCUT2D eigenvalue weighted by molar-refractivity contribution is 0.0994. The number of hydrogen-bond donors (Lipinski definition) is 2. The van der Waals surface area contributed by atoms with Crippen molar-refractivity contribution in [1.29, 1.82) is 0 Å². The molecule has 0 spiro atoms. The third-order valence-corrected chi connectivity index (χ3v) is 4.33. The average Bonchev–Trinajstić information content (AvgIpc) is 3.39. The minimum atomic E-state index is -0.340. The molecule has 0 aliphatic carbocycles. The van der Waals surface area contributed by atoms with E-state index < -0.39 is 0 Å². The number of rotatable bonds is 5. The summed E-state index contributed by atoms with van der Waals surface area (Å²) in [5.41, 5.74) is 2.38. The van der Waals surface area contributed by atoms with Gasteiger partial charge < -0.3 is 15.1 Å². The van der Waals surface area contributed by atoms with Gasteiger partial charge in [-0.3, -0.25) is 9.59 Å². The lowest BCUT2D eigenvalue weighted by Gasteiger charge is -2.08. The third kappa shape index (κ3) is 3.86. The van der Waals surface area contributed by atoms with Gasteiger partial charge in [0.25, 0.3) is 11.8 Å². The van der Waals surface area contributed by atoms with Crippen LogP contribution in [0.2, 0.25) is 0 Å². The molecule has 0 aliphatic rings. The van der Waals surface area contributed by atoms with Crippen molar-refractivity contribution in [2.24, 2.45) is 0 Å². The first-order chi connectivity index (χ1) is 14.0. The van der Waals surface area contributed by atoms with Crippen molar-refractivity contribution < 1.29 is 14.0 Å². The molecule has 1 aromatic carbocycles. The SMILES string of the molecule is CC(C)n1ncc2cc(C(=O)Nc3ccc(NC(=O)c4ccco4)cc3)cnc21. The van der Waals surface area contributed by atoms with Crippen LogP contribution in [0, 0.1) is 0 Å². The van der Waals surface area contributed by atoms with E-state index in [0.717, 1.165) is 11.0 Å². The number of amides is 2. The molecular formula is C21H19N5O3. The Morgan fingerprint density at radius 3 is 2.31 bits per heavy atom. The molecule has 4 rings (SSSR count). The van der Waals surface area contributed by atoms with E-state index in [1.54, 1.807) is 48.7 Å². The number of benzene rings is 1. The van der Waals surface area contributed by atoms with Crippen molar-refractivity contribution in [3.05, 3.63) is 72.4 Å². The van der Waals surface area contributed by atoms with Crippen LogP contribution in [0.15, 0.2) is 65.5 Å². The summed E-state index contributed by atoms with van der Waals surface area (Å²) in [6.07, 6.45) is 4.68. The van der Waals surface area contributed by atoms with Gasteiger partial charge in [-0.15, -0.1) is 0 Å². The lowest BCUT2D eigenvalue weighted by Crippen LogP contribution is -2.13. The van der Waals surface area contributed by atoms with Gasteiger partial charge in [0.05, 0.1) is 18.0 Å². The van der Waals surface area contributed by atoms with Crippen LogP contribution < -0.4 is 10.6 Å². The van der Waals surface area contributed by atoms with Gasteiger partial charge in [0.15, 0.2) is 11.4 Å². The summed E-state index contributed by atoms with van der Waals surface area (Å²) in [4.78, 5) is 28.9. The minimum Gasteiger partial charge on any atom is -0.459 e. The maximum absolute atomic E-state index is 12.6. The Labute approximate surface area is 166 Å². The highest BCUT2D eigenvalue weighted by atomic mass is 16.3. The number of fused-ring (bicyclic) bond motifs is 1. The van der Waals surface area contributed by atoms with Crippen molar-refractivity contribution in [1.82, 2.24) is 14.8 Å². The van der Waals surface area contributed by atoms with Gasteiger partial charge in [0.2, 0.25) is 0 Å². The number of hydrogen-bond acceptors (Lipinski definition) is 5. The second-order valence-corrected chi connectivity index (χ2v) is 6.78. The molecule has 2 N–H and O–H groups in total. The summed E-state index contributed by atoms with van der Waals surface area (Å²) in [6, 6.07) is 12.0. The summed E-state index contributed by atoms with van der Waals surface area (Å²) in [7, 11) is 0. The van der Waals surface area contributed by atoms with E-state index in [-0.39, 0.29) is 23.6 Å². The van der Waals surface area contributed by atoms with Crippen LogP contribution in [-0.2, 0) is 0 Å². The van der Waals surface area contributed by atoms with Gasteiger partial charge >= 0.3 is 0 Å². The van der Waals surface area contributed by atoms with Gasteiger partial charge in [-0.25, -0.2) is 9.67 Å². The molecule has 3 heterocycles. The smallest absolute Gasteiger partial charge is 0.291 e. The molecule has 8 heteroatoms. The minimum absolute atomic E-state index is 0.187. The topological polar surface area (TPSA) is 102 Å². The second-order valence-electron chi connectivity index (χ2n) is 6.78. The summed E-state index contributed by atoms with van der Waals surface area (Å²) in [6.45, 7) is 4.05. The van der Waals surface area contributed by atoms with Crippen molar-refractivity contribution in [2.45, 2.75) is 19.9 Å². The van der Waals surface area contributed by atoms with Crippen LogP contribution in [0.1, 0.15) is 40.8 Å². The molecule has 0 saturated heterocycles. The third-order valence-electron chi connectivity index (χ3n) is 4.33. The van der Waals surface area contributed by atoms with Gasteiger partial charge in [-0.05, 0) is 56.3 Å². The number of carbonyl (C=O) groups is 2. The maximum Gasteiger partial charge on any atom is 0.291 e. The van der Waals surface area contributed by atoms with Crippen molar-refractivity contribution in [3.8, 4) is 0 Å². The van der Waals surface area contributed by atoms with Crippen LogP contribution >= 0.6 is 0 Å². The molecule has 146 valence electrons. The molecule has 0 radical (unpaired) electrons. The summed E-state index contributed by atoms with van der Waals surface area (Å²) in [5.74, 6) is -0.386. The Morgan fingerprint density at radius 2 is 1.69 bits per heavy atom. The highest BCUT2D eigenvalue weighted by molar-refractivity contribution is 6.06. The van der Waals surface area contributed by atoms with E-state index in [4.69, 9.17) is 4.42 Å². The number of carbonyl (C=O) groups excluding carboxylic acids is 2. The Bertz CT molecular complexity index is 1160. The molecule has 0 atom stereocenters. The van der Waals surface area contributed by atoms with E-state index in [0.29, 0.717) is 16.9 Å². The number of nitrogens with zero attached hydrogens (tertiary/aromatic N) is 3. The Balaban J connectivity index is 1.44. The zero-order valence-corrected chi connectivity index (χ0v) is 15.9. The standard InChI is InChI=1S/C21H19N5O3/c1-13(2)26-19-14(12-23-26)10-15(11-22-19)20(27)24-16-5-7-17(8-6-16)25-21(28)18-4-3-9-29-18/h3-13H,1-2H3,(H,24,27)(H,25,28). The van der Waals surface area contributed by atoms with Gasteiger partial charge in [-0.2, -0.15) is 5.10 Å². The number of anilines is 2. The molecule has 0 bridgehead atoms. The Kier molecular flexibility index (Phi) is 4.82. The zero-order valence-electron chi connectivity index (χ0n) is 15.9. The van der Waals surface area contributed by atoms with E-state index in [1.165, 1.54) is 12.5 Å². The van der Waals surface area contributed by atoms with Crippen LogP contribution in [-0.4, -0.2) is 26.6 Å². The van der Waals surface area contributed by atoms with Crippen LogP contribution in [0.25, 0.3) is 11.0 Å². The molecule has 0 fully saturated rings. The fourth-order valence-corrected chi connectivity index (χ4v) is 2.88. The van der Waals surface area contributed by atoms with E-state index in [9.17, 15) is 9.59 Å². The lowest BCUT2D eigenvalue weighted by atomic mass is 10.2. The first-order valence-corrected chi connectivity index (χ1v) is 9.11. The fourth-order valence-electron chi connectivity index (χ4n) is 2.88. The maximum atomic E-state index is 12.6. The first kappa shape index (κ1) is 18.4. The Morgan fingerprint density at radius 1 is 1.00 bits per heavy atom. The molecule has 0 saturated carbocycles. The van der Waals surface area contributed by atoms with Gasteiger partial charge in [-0.1, -0.05) is 0 Å². The van der Waals surface area contributed by atoms with Crippen LogP contribution in [0.5, 0.6) is 0 Å². The summed E-state index contributed by atoms with van der Waals surface area (Å²) >= 11 is 0. The molecule has 29 heavy (non-hydrogen) atoms.